The molecule has 3 rings (SSSR count). The van der Waals surface area contributed by atoms with E-state index in [-0.39, 0.29) is 24.0 Å². The van der Waals surface area contributed by atoms with Crippen LogP contribution < -0.4 is 10.1 Å². The zero-order valence-electron chi connectivity index (χ0n) is 13.3. The van der Waals surface area contributed by atoms with E-state index >= 15 is 0 Å². The summed E-state index contributed by atoms with van der Waals surface area (Å²) in [5.41, 5.74) is -1.13. The number of fused-ring (bicyclic) bond motifs is 1. The number of anilines is 1. The van der Waals surface area contributed by atoms with Crippen molar-refractivity contribution in [2.45, 2.75) is 19.1 Å². The maximum absolute atomic E-state index is 13.5. The second kappa shape index (κ2) is 6.73. The van der Waals surface area contributed by atoms with Gasteiger partial charge in [-0.2, -0.15) is 27.8 Å². The van der Waals surface area contributed by atoms with Crippen molar-refractivity contribution >= 4 is 11.6 Å². The van der Waals surface area contributed by atoms with Crippen molar-refractivity contribution in [2.24, 2.45) is 0 Å². The van der Waals surface area contributed by atoms with Crippen LogP contribution in [-0.4, -0.2) is 32.2 Å². The number of rotatable bonds is 5. The van der Waals surface area contributed by atoms with Crippen LogP contribution in [0.1, 0.15) is 12.6 Å². The molecule has 1 unspecified atom stereocenters. The first-order chi connectivity index (χ1) is 12.2. The monoisotopic (exact) mass is 373 g/mol. The first-order valence-corrected chi connectivity index (χ1v) is 7.36. The number of nitrogens with one attached hydrogen (secondary N) is 1. The lowest BCUT2D eigenvalue weighted by Gasteiger charge is -2.17. The molecule has 0 fully saturated rings. The fourth-order valence-electron chi connectivity index (χ4n) is 2.16. The number of benzene rings is 1. The number of nitrogens with zero attached hydrogens (tertiary/aromatic N) is 4. The first kappa shape index (κ1) is 17.8. The summed E-state index contributed by atoms with van der Waals surface area (Å²) in [5, 5.41) is 6.59. The van der Waals surface area contributed by atoms with Crippen molar-refractivity contribution in [3.8, 4) is 5.75 Å². The molecule has 0 bridgehead atoms. The summed E-state index contributed by atoms with van der Waals surface area (Å²) < 4.78 is 71.6. The molecule has 1 atom stereocenters. The van der Waals surface area contributed by atoms with Gasteiger partial charge in [0.05, 0.1) is 6.04 Å². The zero-order chi connectivity index (χ0) is 18.9. The van der Waals surface area contributed by atoms with E-state index in [1.54, 1.807) is 6.92 Å². The molecule has 0 saturated carbocycles. The molecule has 0 spiro atoms. The largest absolute Gasteiger partial charge is 0.488 e. The number of hydrogen-bond donors (Lipinski definition) is 1. The lowest BCUT2D eigenvalue weighted by molar-refractivity contribution is -0.141. The highest BCUT2D eigenvalue weighted by Gasteiger charge is 2.34. The van der Waals surface area contributed by atoms with Gasteiger partial charge < -0.3 is 10.1 Å². The molecule has 0 aliphatic rings. The van der Waals surface area contributed by atoms with Crippen molar-refractivity contribution in [3.05, 3.63) is 47.9 Å². The van der Waals surface area contributed by atoms with Gasteiger partial charge in [0.15, 0.2) is 17.3 Å². The summed E-state index contributed by atoms with van der Waals surface area (Å²) in [7, 11) is 0. The highest BCUT2D eigenvalue weighted by atomic mass is 19.4. The summed E-state index contributed by atoms with van der Waals surface area (Å²) >= 11 is 0. The molecule has 0 radical (unpaired) electrons. The van der Waals surface area contributed by atoms with Gasteiger partial charge in [-0.1, -0.05) is 0 Å². The zero-order valence-corrected chi connectivity index (χ0v) is 13.3. The van der Waals surface area contributed by atoms with Gasteiger partial charge in [0.25, 0.3) is 5.78 Å². The van der Waals surface area contributed by atoms with Gasteiger partial charge in [0, 0.05) is 12.1 Å². The second-order valence-electron chi connectivity index (χ2n) is 5.43. The Morgan fingerprint density at radius 3 is 2.69 bits per heavy atom. The van der Waals surface area contributed by atoms with E-state index in [2.05, 4.69) is 20.4 Å². The minimum Gasteiger partial charge on any atom is -0.488 e. The number of hydrogen-bond acceptors (Lipinski definition) is 5. The van der Waals surface area contributed by atoms with Crippen molar-refractivity contribution in [1.82, 2.24) is 19.6 Å². The van der Waals surface area contributed by atoms with Crippen LogP contribution in [0.3, 0.4) is 0 Å². The van der Waals surface area contributed by atoms with Gasteiger partial charge >= 0.3 is 6.18 Å². The average molecular weight is 373 g/mol. The summed E-state index contributed by atoms with van der Waals surface area (Å²) in [6, 6.07) is 3.09. The average Bonchev–Trinajstić information content (AvgIpc) is 3.02. The number of halogens is 5. The third kappa shape index (κ3) is 3.81. The Morgan fingerprint density at radius 2 is 2.00 bits per heavy atom. The summed E-state index contributed by atoms with van der Waals surface area (Å²) in [6.45, 7) is 1.51. The fourth-order valence-corrected chi connectivity index (χ4v) is 2.16. The molecule has 3 aromatic rings. The van der Waals surface area contributed by atoms with E-state index in [0.29, 0.717) is 6.07 Å². The normalized spacial score (nSPS) is 13.0. The summed E-state index contributed by atoms with van der Waals surface area (Å²) in [5.74, 6) is -2.02. The van der Waals surface area contributed by atoms with Gasteiger partial charge in [-0.15, -0.1) is 0 Å². The van der Waals surface area contributed by atoms with E-state index < -0.39 is 29.5 Å². The first-order valence-electron chi connectivity index (χ1n) is 7.36. The van der Waals surface area contributed by atoms with Crippen molar-refractivity contribution in [3.63, 3.8) is 0 Å². The van der Waals surface area contributed by atoms with Crippen molar-refractivity contribution in [2.75, 3.05) is 11.9 Å². The third-order valence-electron chi connectivity index (χ3n) is 3.32. The maximum Gasteiger partial charge on any atom is 0.433 e. The minimum absolute atomic E-state index is 0.00416. The van der Waals surface area contributed by atoms with Crippen LogP contribution in [0.4, 0.5) is 27.8 Å². The molecule has 1 N–H and O–H groups in total. The van der Waals surface area contributed by atoms with Crippen LogP contribution in [0.15, 0.2) is 30.6 Å². The maximum atomic E-state index is 13.5. The quantitative estimate of drug-likeness (QED) is 0.696. The van der Waals surface area contributed by atoms with Crippen LogP contribution in [0.2, 0.25) is 0 Å². The SMILES string of the molecule is CC(COc1ccc(F)cc1F)Nc1cc(C(F)(F)F)nc2ncnn12. The van der Waals surface area contributed by atoms with Crippen LogP contribution in [0, 0.1) is 11.6 Å². The number of aromatic nitrogens is 4. The van der Waals surface area contributed by atoms with Crippen molar-refractivity contribution in [1.29, 1.82) is 0 Å². The molecule has 138 valence electrons. The minimum atomic E-state index is -4.65. The molecular weight excluding hydrogens is 361 g/mol. The number of ether oxygens (including phenoxy) is 1. The molecule has 0 amide bonds. The smallest absolute Gasteiger partial charge is 0.433 e. The molecule has 2 heterocycles. The predicted molar refractivity (Wildman–Crippen MR) is 80.7 cm³/mol. The summed E-state index contributed by atoms with van der Waals surface area (Å²) in [4.78, 5) is 7.05. The Labute approximate surface area is 143 Å². The van der Waals surface area contributed by atoms with Gasteiger partial charge in [-0.3, -0.25) is 0 Å². The highest BCUT2D eigenvalue weighted by Crippen LogP contribution is 2.29. The van der Waals surface area contributed by atoms with Crippen molar-refractivity contribution < 1.29 is 26.7 Å². The molecule has 0 saturated heterocycles. The molecule has 1 aromatic carbocycles. The fraction of sp³-hybridized carbons (Fsp3) is 0.267. The Balaban J connectivity index is 1.76. The van der Waals surface area contributed by atoms with E-state index in [1.807, 2.05) is 0 Å². The van der Waals surface area contributed by atoms with E-state index in [1.165, 1.54) is 0 Å². The van der Waals surface area contributed by atoms with E-state index in [9.17, 15) is 22.0 Å². The lowest BCUT2D eigenvalue weighted by Crippen LogP contribution is -2.26. The molecular formula is C15H12F5N5O. The topological polar surface area (TPSA) is 64.3 Å². The molecule has 2 aromatic heterocycles. The van der Waals surface area contributed by atoms with Gasteiger partial charge in [0.2, 0.25) is 0 Å². The lowest BCUT2D eigenvalue weighted by atomic mass is 10.3. The van der Waals surface area contributed by atoms with Gasteiger partial charge in [-0.05, 0) is 19.1 Å². The molecule has 6 nitrogen and oxygen atoms in total. The third-order valence-corrected chi connectivity index (χ3v) is 3.32. The standard InChI is InChI=1S/C15H12F5N5O/c1-8(6-26-11-3-2-9(16)4-10(11)17)23-13-5-12(15(18,19)20)24-14-21-7-22-25(13)14/h2-5,7-8,23H,6H2,1H3. The van der Waals surface area contributed by atoms with E-state index in [0.717, 1.165) is 29.0 Å². The number of alkyl halides is 3. The van der Waals surface area contributed by atoms with E-state index in [4.69, 9.17) is 4.74 Å². The molecule has 26 heavy (non-hydrogen) atoms. The Kier molecular flexibility index (Phi) is 4.62. The highest BCUT2D eigenvalue weighted by molar-refractivity contribution is 5.46. The Bertz CT molecular complexity index is 926. The predicted octanol–water partition coefficient (Wildman–Crippen LogP) is 3.30. The molecule has 0 aliphatic heterocycles. The van der Waals surface area contributed by atoms with Crippen LogP contribution in [0.5, 0.6) is 5.75 Å². The van der Waals surface area contributed by atoms with Gasteiger partial charge in [-0.25, -0.2) is 13.8 Å². The van der Waals surface area contributed by atoms with Gasteiger partial charge in [0.1, 0.15) is 24.6 Å². The van der Waals surface area contributed by atoms with Crippen LogP contribution in [-0.2, 0) is 6.18 Å². The second-order valence-corrected chi connectivity index (χ2v) is 5.43. The Morgan fingerprint density at radius 1 is 1.23 bits per heavy atom. The van der Waals surface area contributed by atoms with Crippen LogP contribution in [0.25, 0.3) is 5.78 Å². The molecule has 11 heteroatoms. The molecule has 0 aliphatic carbocycles. The van der Waals surface area contributed by atoms with Crippen LogP contribution >= 0.6 is 0 Å². The Hall–Kier alpha value is -2.98. The summed E-state index contributed by atoms with van der Waals surface area (Å²) in [6.07, 6.45) is -3.58.